The summed E-state index contributed by atoms with van der Waals surface area (Å²) >= 11 is 1.59. The number of nitrogens with zero attached hydrogens (tertiary/aromatic N) is 4. The molecule has 162 valence electrons. The summed E-state index contributed by atoms with van der Waals surface area (Å²) in [5.41, 5.74) is 1.91. The number of pyridine rings is 1. The summed E-state index contributed by atoms with van der Waals surface area (Å²) in [7, 11) is 0. The molecule has 2 aromatic heterocycles. The van der Waals surface area contributed by atoms with Gasteiger partial charge in [0.1, 0.15) is 15.8 Å². The van der Waals surface area contributed by atoms with Crippen LogP contribution in [0.3, 0.4) is 0 Å². The van der Waals surface area contributed by atoms with E-state index in [1.54, 1.807) is 11.3 Å². The van der Waals surface area contributed by atoms with Crippen molar-refractivity contribution >= 4 is 27.9 Å². The summed E-state index contributed by atoms with van der Waals surface area (Å²) < 4.78 is 5.49. The average molecular weight is 437 g/mol. The van der Waals surface area contributed by atoms with Crippen LogP contribution in [0.1, 0.15) is 36.4 Å². The summed E-state index contributed by atoms with van der Waals surface area (Å²) in [5, 5.41) is 12.4. The molecule has 0 unspecified atom stereocenters. The van der Waals surface area contributed by atoms with E-state index in [0.29, 0.717) is 18.2 Å². The van der Waals surface area contributed by atoms with Crippen molar-refractivity contribution < 1.29 is 9.53 Å². The SMILES string of the molecule is Cc1nnc(-c2ccc3cnc(CC(=O)C4CCN(C5CCOCC5)CC4)cc3c2)s1. The van der Waals surface area contributed by atoms with E-state index in [9.17, 15) is 4.79 Å². The number of carbonyl (C=O) groups is 1. The number of aryl methyl sites for hydroxylation is 1. The van der Waals surface area contributed by atoms with Crippen molar-refractivity contribution in [2.75, 3.05) is 26.3 Å². The summed E-state index contributed by atoms with van der Waals surface area (Å²) in [6.07, 6.45) is 6.46. The van der Waals surface area contributed by atoms with Gasteiger partial charge in [-0.25, -0.2) is 0 Å². The van der Waals surface area contributed by atoms with Gasteiger partial charge in [0, 0.05) is 54.4 Å². The van der Waals surface area contributed by atoms with Crippen LogP contribution in [0.2, 0.25) is 0 Å². The summed E-state index contributed by atoms with van der Waals surface area (Å²) in [6, 6.07) is 8.93. The number of piperidine rings is 1. The Labute approximate surface area is 186 Å². The maximum Gasteiger partial charge on any atom is 0.147 e. The topological polar surface area (TPSA) is 68.2 Å². The van der Waals surface area contributed by atoms with Gasteiger partial charge in [-0.15, -0.1) is 10.2 Å². The lowest BCUT2D eigenvalue weighted by Crippen LogP contribution is -2.45. The normalized spacial score (nSPS) is 19.1. The zero-order chi connectivity index (χ0) is 21.2. The van der Waals surface area contributed by atoms with Gasteiger partial charge in [0.2, 0.25) is 0 Å². The first kappa shape index (κ1) is 20.7. The number of Topliss-reactive ketones (excluding diaryl/α,β-unsaturated/α-hetero) is 1. The highest BCUT2D eigenvalue weighted by atomic mass is 32.1. The van der Waals surface area contributed by atoms with E-state index < -0.39 is 0 Å². The van der Waals surface area contributed by atoms with E-state index in [1.165, 1.54) is 0 Å². The Kier molecular flexibility index (Phi) is 6.07. The Morgan fingerprint density at radius 1 is 1.10 bits per heavy atom. The smallest absolute Gasteiger partial charge is 0.147 e. The van der Waals surface area contributed by atoms with Gasteiger partial charge in [-0.2, -0.15) is 0 Å². The van der Waals surface area contributed by atoms with Crippen LogP contribution in [-0.4, -0.2) is 58.2 Å². The number of likely N-dealkylation sites (tertiary alicyclic amines) is 1. The first-order valence-electron chi connectivity index (χ1n) is 11.2. The van der Waals surface area contributed by atoms with Gasteiger partial charge >= 0.3 is 0 Å². The fraction of sp³-hybridized carbons (Fsp3) is 0.500. The Bertz CT molecular complexity index is 1070. The van der Waals surface area contributed by atoms with Crippen molar-refractivity contribution in [1.29, 1.82) is 0 Å². The Hall–Kier alpha value is -2.22. The molecule has 4 heterocycles. The molecule has 0 atom stereocenters. The molecule has 0 spiro atoms. The highest BCUT2D eigenvalue weighted by Gasteiger charge is 2.29. The minimum Gasteiger partial charge on any atom is -0.381 e. The summed E-state index contributed by atoms with van der Waals surface area (Å²) in [6.45, 7) is 5.76. The molecule has 2 aliphatic heterocycles. The Morgan fingerprint density at radius 2 is 1.90 bits per heavy atom. The second-order valence-corrected chi connectivity index (χ2v) is 9.84. The number of fused-ring (bicyclic) bond motifs is 1. The number of rotatable bonds is 5. The number of hydrogen-bond acceptors (Lipinski definition) is 7. The molecular weight excluding hydrogens is 408 g/mol. The van der Waals surface area contributed by atoms with E-state index in [0.717, 1.165) is 84.0 Å². The van der Waals surface area contributed by atoms with Gasteiger partial charge in [-0.3, -0.25) is 9.78 Å². The molecule has 0 bridgehead atoms. The van der Waals surface area contributed by atoms with Crippen LogP contribution < -0.4 is 0 Å². The maximum absolute atomic E-state index is 13.0. The molecule has 0 radical (unpaired) electrons. The first-order valence-corrected chi connectivity index (χ1v) is 12.0. The monoisotopic (exact) mass is 436 g/mol. The van der Waals surface area contributed by atoms with E-state index in [-0.39, 0.29) is 5.92 Å². The van der Waals surface area contributed by atoms with Gasteiger partial charge < -0.3 is 9.64 Å². The van der Waals surface area contributed by atoms with Crippen molar-refractivity contribution in [2.45, 2.75) is 45.1 Å². The standard InChI is InChI=1S/C24H28N4O2S/c1-16-26-27-24(31-16)18-2-3-19-15-25-21(13-20(19)12-18)14-23(29)17-4-8-28(9-5-17)22-6-10-30-11-7-22/h2-3,12-13,15,17,22H,4-11,14H2,1H3. The summed E-state index contributed by atoms with van der Waals surface area (Å²) in [5.74, 6) is 0.485. The van der Waals surface area contributed by atoms with Crippen molar-refractivity contribution in [3.05, 3.63) is 41.2 Å². The Morgan fingerprint density at radius 3 is 2.65 bits per heavy atom. The highest BCUT2D eigenvalue weighted by molar-refractivity contribution is 7.14. The molecule has 2 saturated heterocycles. The van der Waals surface area contributed by atoms with Crippen LogP contribution in [0.15, 0.2) is 30.5 Å². The zero-order valence-corrected chi connectivity index (χ0v) is 18.7. The van der Waals surface area contributed by atoms with Crippen LogP contribution in [-0.2, 0) is 16.0 Å². The fourth-order valence-electron chi connectivity index (χ4n) is 4.79. The number of hydrogen-bond donors (Lipinski definition) is 0. The summed E-state index contributed by atoms with van der Waals surface area (Å²) in [4.78, 5) is 20.1. The van der Waals surface area contributed by atoms with Gasteiger partial charge in [0.15, 0.2) is 0 Å². The molecule has 0 N–H and O–H groups in total. The number of ether oxygens (including phenoxy) is 1. The quantitative estimate of drug-likeness (QED) is 0.601. The van der Waals surface area contributed by atoms with Gasteiger partial charge in [0.05, 0.1) is 0 Å². The molecule has 0 aliphatic carbocycles. The second kappa shape index (κ2) is 9.10. The third-order valence-corrected chi connectivity index (χ3v) is 7.49. The van der Waals surface area contributed by atoms with E-state index in [2.05, 4.69) is 44.3 Å². The maximum atomic E-state index is 13.0. The first-order chi connectivity index (χ1) is 15.2. The number of aromatic nitrogens is 3. The molecule has 7 heteroatoms. The lowest BCUT2D eigenvalue weighted by molar-refractivity contribution is -0.124. The molecule has 2 aliphatic rings. The third kappa shape index (κ3) is 4.68. The largest absolute Gasteiger partial charge is 0.381 e. The van der Waals surface area contributed by atoms with Crippen LogP contribution in [0.5, 0.6) is 0 Å². The molecule has 0 saturated carbocycles. The predicted molar refractivity (Wildman–Crippen MR) is 122 cm³/mol. The zero-order valence-electron chi connectivity index (χ0n) is 17.9. The molecule has 3 aromatic rings. The van der Waals surface area contributed by atoms with Crippen LogP contribution in [0.4, 0.5) is 0 Å². The highest BCUT2D eigenvalue weighted by Crippen LogP contribution is 2.28. The van der Waals surface area contributed by atoms with Crippen molar-refractivity contribution in [3.8, 4) is 10.6 Å². The molecule has 5 rings (SSSR count). The minimum absolute atomic E-state index is 0.157. The number of carbonyl (C=O) groups excluding carboxylic acids is 1. The van der Waals surface area contributed by atoms with Gasteiger partial charge in [0.25, 0.3) is 0 Å². The van der Waals surface area contributed by atoms with Crippen LogP contribution in [0, 0.1) is 12.8 Å². The van der Waals surface area contributed by atoms with Gasteiger partial charge in [-0.05, 0) is 63.2 Å². The predicted octanol–water partition coefficient (Wildman–Crippen LogP) is 4.06. The molecule has 2 fully saturated rings. The van der Waals surface area contributed by atoms with E-state index in [4.69, 9.17) is 4.74 Å². The van der Waals surface area contributed by atoms with E-state index >= 15 is 0 Å². The van der Waals surface area contributed by atoms with Crippen molar-refractivity contribution in [3.63, 3.8) is 0 Å². The molecule has 6 nitrogen and oxygen atoms in total. The van der Waals surface area contributed by atoms with Crippen LogP contribution in [0.25, 0.3) is 21.3 Å². The second-order valence-electron chi connectivity index (χ2n) is 8.66. The molecule has 1 aromatic carbocycles. The lowest BCUT2D eigenvalue weighted by Gasteiger charge is -2.38. The number of ketones is 1. The van der Waals surface area contributed by atoms with Gasteiger partial charge in [-0.1, -0.05) is 23.5 Å². The fourth-order valence-corrected chi connectivity index (χ4v) is 5.48. The average Bonchev–Trinajstić information content (AvgIpc) is 3.25. The minimum atomic E-state index is 0.157. The Balaban J connectivity index is 1.24. The van der Waals surface area contributed by atoms with Crippen molar-refractivity contribution in [1.82, 2.24) is 20.1 Å². The third-order valence-electron chi connectivity index (χ3n) is 6.60. The number of benzene rings is 1. The van der Waals surface area contributed by atoms with E-state index in [1.807, 2.05) is 13.1 Å². The molecule has 0 amide bonds. The molecule has 31 heavy (non-hydrogen) atoms. The van der Waals surface area contributed by atoms with Crippen molar-refractivity contribution in [2.24, 2.45) is 5.92 Å². The lowest BCUT2D eigenvalue weighted by atomic mass is 9.88. The van der Waals surface area contributed by atoms with Crippen LogP contribution >= 0.6 is 11.3 Å². The molecular formula is C24H28N4O2S.